The summed E-state index contributed by atoms with van der Waals surface area (Å²) in [6, 6.07) is 4.42. The summed E-state index contributed by atoms with van der Waals surface area (Å²) in [5.74, 6) is 0.0649. The van der Waals surface area contributed by atoms with Crippen molar-refractivity contribution in [1.82, 2.24) is 5.32 Å². The highest BCUT2D eigenvalue weighted by molar-refractivity contribution is 7.97. The minimum atomic E-state index is -0.278. The van der Waals surface area contributed by atoms with E-state index in [9.17, 15) is 14.3 Å². The lowest BCUT2D eigenvalue weighted by Gasteiger charge is -2.13. The van der Waals surface area contributed by atoms with Crippen molar-refractivity contribution < 1.29 is 14.3 Å². The first-order valence-electron chi connectivity index (χ1n) is 6.27. The Morgan fingerprint density at radius 1 is 1.53 bits per heavy atom. The quantitative estimate of drug-likeness (QED) is 0.841. The average Bonchev–Trinajstić information content (AvgIpc) is 3.19. The molecule has 1 aliphatic rings. The van der Waals surface area contributed by atoms with Gasteiger partial charge < -0.3 is 10.4 Å². The number of rotatable bonds is 6. The van der Waals surface area contributed by atoms with Crippen LogP contribution in [0.5, 0.6) is 0 Å². The van der Waals surface area contributed by atoms with Crippen LogP contribution in [0.4, 0.5) is 4.39 Å². The Labute approximate surface area is 116 Å². The van der Waals surface area contributed by atoms with E-state index in [1.54, 1.807) is 6.07 Å². The number of thioether (sulfide) groups is 1. The molecule has 5 heteroatoms. The van der Waals surface area contributed by atoms with Gasteiger partial charge in [0.05, 0.1) is 6.61 Å². The summed E-state index contributed by atoms with van der Waals surface area (Å²) in [6.07, 6.45) is 3.79. The van der Waals surface area contributed by atoms with Crippen molar-refractivity contribution in [1.29, 1.82) is 0 Å². The number of nitrogens with one attached hydrogen (secondary N) is 1. The smallest absolute Gasteiger partial charge is 0.251 e. The Kier molecular flexibility index (Phi) is 4.47. The van der Waals surface area contributed by atoms with E-state index in [1.165, 1.54) is 23.9 Å². The number of halogens is 1. The van der Waals surface area contributed by atoms with Crippen LogP contribution in [0, 0.1) is 11.2 Å². The molecule has 0 atom stereocenters. The summed E-state index contributed by atoms with van der Waals surface area (Å²) < 4.78 is 13.5. The zero-order valence-corrected chi connectivity index (χ0v) is 11.7. The number of aliphatic hydroxyl groups is 1. The third-order valence-corrected chi connectivity index (χ3v) is 4.12. The van der Waals surface area contributed by atoms with E-state index < -0.39 is 0 Å². The lowest BCUT2D eigenvalue weighted by atomic mass is 10.1. The molecule has 1 aliphatic carbocycles. The van der Waals surface area contributed by atoms with Gasteiger partial charge in [-0.05, 0) is 42.9 Å². The highest BCUT2D eigenvalue weighted by Crippen LogP contribution is 2.44. The molecule has 1 saturated carbocycles. The molecule has 0 radical (unpaired) electrons. The van der Waals surface area contributed by atoms with Crippen LogP contribution in [0.2, 0.25) is 0 Å². The maximum atomic E-state index is 13.5. The summed E-state index contributed by atoms with van der Waals surface area (Å²) in [5.41, 5.74) is 0.903. The van der Waals surface area contributed by atoms with Gasteiger partial charge in [-0.3, -0.25) is 4.79 Å². The number of carbonyl (C=O) groups excluding carboxylic acids is 1. The van der Waals surface area contributed by atoms with Crippen molar-refractivity contribution in [2.75, 3.05) is 19.4 Å². The van der Waals surface area contributed by atoms with Gasteiger partial charge in [0.15, 0.2) is 0 Å². The Bertz CT molecular complexity index is 475. The van der Waals surface area contributed by atoms with Gasteiger partial charge in [0.2, 0.25) is 0 Å². The molecule has 0 unspecified atom stereocenters. The monoisotopic (exact) mass is 283 g/mol. The van der Waals surface area contributed by atoms with Gasteiger partial charge in [0.1, 0.15) is 5.82 Å². The molecule has 3 nitrogen and oxygen atoms in total. The fraction of sp³-hybridized carbons (Fsp3) is 0.500. The molecule has 19 heavy (non-hydrogen) atoms. The molecule has 1 aromatic carbocycles. The fourth-order valence-corrected chi connectivity index (χ4v) is 2.45. The number of aliphatic hydroxyl groups excluding tert-OH is 1. The Morgan fingerprint density at radius 3 is 2.84 bits per heavy atom. The molecular weight excluding hydrogens is 265 g/mol. The molecular formula is C14H18FNO2S. The highest BCUT2D eigenvalue weighted by Gasteiger charge is 2.42. The molecule has 1 fully saturated rings. The second-order valence-corrected chi connectivity index (χ2v) is 5.95. The average molecular weight is 283 g/mol. The first-order chi connectivity index (χ1) is 9.10. The third kappa shape index (κ3) is 3.48. The van der Waals surface area contributed by atoms with E-state index in [0.717, 1.165) is 12.8 Å². The highest BCUT2D eigenvalue weighted by atomic mass is 32.2. The summed E-state index contributed by atoms with van der Waals surface area (Å²) in [4.78, 5) is 12.0. The van der Waals surface area contributed by atoms with E-state index in [0.29, 0.717) is 23.4 Å². The van der Waals surface area contributed by atoms with Crippen LogP contribution in [0.1, 0.15) is 28.8 Å². The number of benzene rings is 1. The predicted molar refractivity (Wildman–Crippen MR) is 74.7 cm³/mol. The standard InChI is InChI=1S/C14H18FNO2S/c1-19-7-11-6-10(2-3-12(11)15)13(18)16-8-14(9-17)4-5-14/h2-3,6,17H,4-5,7-9H2,1H3,(H,16,18). The second-order valence-electron chi connectivity index (χ2n) is 5.08. The van der Waals surface area contributed by atoms with Gasteiger partial charge in [-0.15, -0.1) is 0 Å². The molecule has 0 spiro atoms. The lowest BCUT2D eigenvalue weighted by molar-refractivity contribution is 0.0935. The van der Waals surface area contributed by atoms with E-state index >= 15 is 0 Å². The topological polar surface area (TPSA) is 49.3 Å². The van der Waals surface area contributed by atoms with E-state index in [2.05, 4.69) is 5.32 Å². The van der Waals surface area contributed by atoms with Gasteiger partial charge in [-0.2, -0.15) is 11.8 Å². The van der Waals surface area contributed by atoms with Crippen LogP contribution in [-0.2, 0) is 5.75 Å². The third-order valence-electron chi connectivity index (χ3n) is 3.52. The van der Waals surface area contributed by atoms with Crippen molar-refractivity contribution >= 4 is 17.7 Å². The molecule has 0 aromatic heterocycles. The largest absolute Gasteiger partial charge is 0.396 e. The van der Waals surface area contributed by atoms with Crippen molar-refractivity contribution in [3.05, 3.63) is 35.1 Å². The van der Waals surface area contributed by atoms with E-state index in [1.807, 2.05) is 6.26 Å². The van der Waals surface area contributed by atoms with Crippen LogP contribution in [-0.4, -0.2) is 30.4 Å². The van der Waals surface area contributed by atoms with Crippen LogP contribution in [0.25, 0.3) is 0 Å². The lowest BCUT2D eigenvalue weighted by Crippen LogP contribution is -2.31. The molecule has 104 valence electrons. The first-order valence-corrected chi connectivity index (χ1v) is 7.66. The van der Waals surface area contributed by atoms with E-state index in [4.69, 9.17) is 0 Å². The van der Waals surface area contributed by atoms with Gasteiger partial charge in [-0.25, -0.2) is 4.39 Å². The molecule has 0 saturated heterocycles. The van der Waals surface area contributed by atoms with Crippen molar-refractivity contribution in [3.8, 4) is 0 Å². The maximum Gasteiger partial charge on any atom is 0.251 e. The molecule has 0 aliphatic heterocycles. The number of hydrogen-bond donors (Lipinski definition) is 2. The molecule has 1 aromatic rings. The SMILES string of the molecule is CSCc1cc(C(=O)NCC2(CO)CC2)ccc1F. The fourth-order valence-electron chi connectivity index (χ4n) is 1.92. The molecule has 0 bridgehead atoms. The number of amides is 1. The number of carbonyl (C=O) groups is 1. The zero-order chi connectivity index (χ0) is 13.9. The normalized spacial score (nSPS) is 16.2. The van der Waals surface area contributed by atoms with Crippen molar-refractivity contribution in [3.63, 3.8) is 0 Å². The van der Waals surface area contributed by atoms with Gasteiger partial charge >= 0.3 is 0 Å². The Hall–Kier alpha value is -1.07. The minimum absolute atomic E-state index is 0.106. The van der Waals surface area contributed by atoms with Crippen molar-refractivity contribution in [2.24, 2.45) is 5.41 Å². The summed E-state index contributed by atoms with van der Waals surface area (Å²) >= 11 is 1.52. The number of hydrogen-bond acceptors (Lipinski definition) is 3. The second kappa shape index (κ2) is 5.92. The van der Waals surface area contributed by atoms with Gasteiger partial charge in [-0.1, -0.05) is 0 Å². The predicted octanol–water partition coefficient (Wildman–Crippen LogP) is 2.19. The Balaban J connectivity index is 2.00. The Morgan fingerprint density at radius 2 is 2.26 bits per heavy atom. The summed E-state index contributed by atoms with van der Waals surface area (Å²) in [7, 11) is 0. The minimum Gasteiger partial charge on any atom is -0.396 e. The van der Waals surface area contributed by atoms with Crippen LogP contribution in [0.15, 0.2) is 18.2 Å². The molecule has 1 amide bonds. The van der Waals surface area contributed by atoms with E-state index in [-0.39, 0.29) is 23.7 Å². The van der Waals surface area contributed by atoms with Gasteiger partial charge in [0.25, 0.3) is 5.91 Å². The maximum absolute atomic E-state index is 13.5. The molecule has 2 N–H and O–H groups in total. The first kappa shape index (κ1) is 14.3. The van der Waals surface area contributed by atoms with Crippen molar-refractivity contribution in [2.45, 2.75) is 18.6 Å². The molecule has 0 heterocycles. The van der Waals surface area contributed by atoms with Crippen LogP contribution >= 0.6 is 11.8 Å². The summed E-state index contributed by atoms with van der Waals surface area (Å²) in [5, 5.41) is 12.0. The van der Waals surface area contributed by atoms with Gasteiger partial charge in [0, 0.05) is 23.3 Å². The summed E-state index contributed by atoms with van der Waals surface area (Å²) in [6.45, 7) is 0.589. The molecule has 2 rings (SSSR count). The zero-order valence-electron chi connectivity index (χ0n) is 10.9. The van der Waals surface area contributed by atoms with Crippen LogP contribution < -0.4 is 5.32 Å². The van der Waals surface area contributed by atoms with Crippen LogP contribution in [0.3, 0.4) is 0 Å².